The molecule has 0 bridgehead atoms. The normalized spacial score (nSPS) is 23.6. The summed E-state index contributed by atoms with van der Waals surface area (Å²) in [7, 11) is 0. The number of amides is 1. The van der Waals surface area contributed by atoms with Gasteiger partial charge in [-0.2, -0.15) is 0 Å². The number of hydrogen-bond donors (Lipinski definition) is 1. The lowest BCUT2D eigenvalue weighted by Crippen LogP contribution is -2.28. The zero-order valence-electron chi connectivity index (χ0n) is 8.57. The van der Waals surface area contributed by atoms with E-state index in [1.54, 1.807) is 13.8 Å². The van der Waals surface area contributed by atoms with E-state index in [4.69, 9.17) is 0 Å². The molecule has 1 aliphatic carbocycles. The number of halogens is 1. The van der Waals surface area contributed by atoms with E-state index in [1.807, 2.05) is 0 Å². The maximum atomic E-state index is 13.0. The average molecular weight is 185 g/mol. The largest absolute Gasteiger partial charge is 0.347 e. The van der Waals surface area contributed by atoms with Crippen LogP contribution in [0.25, 0.3) is 0 Å². The molecule has 0 aliphatic heterocycles. The second kappa shape index (κ2) is 3.13. The predicted octanol–water partition coefficient (Wildman–Crippen LogP) is 2.16. The number of carbonyl (C=O) groups excluding carboxylic acids is 1. The van der Waals surface area contributed by atoms with E-state index >= 15 is 0 Å². The molecule has 3 heteroatoms. The molecule has 1 amide bonds. The van der Waals surface area contributed by atoms with Crippen LogP contribution >= 0.6 is 0 Å². The first-order chi connectivity index (χ1) is 5.84. The van der Waals surface area contributed by atoms with Crippen LogP contribution in [-0.2, 0) is 4.79 Å². The zero-order chi connectivity index (χ0) is 10.2. The number of rotatable bonds is 2. The van der Waals surface area contributed by atoms with Gasteiger partial charge in [-0.05, 0) is 31.3 Å². The van der Waals surface area contributed by atoms with Crippen LogP contribution in [0.4, 0.5) is 4.39 Å². The summed E-state index contributed by atoms with van der Waals surface area (Å²) >= 11 is 0. The molecule has 0 saturated heterocycles. The van der Waals surface area contributed by atoms with Gasteiger partial charge in [-0.25, -0.2) is 4.39 Å². The van der Waals surface area contributed by atoms with Gasteiger partial charge in [-0.15, -0.1) is 0 Å². The standard InChI is InChI=1S/C10H16FNO/c1-6(2)8(11)9(13)12-7-5-10(7,3)4/h7H,5H2,1-4H3,(H,12,13). The van der Waals surface area contributed by atoms with Gasteiger partial charge in [0.1, 0.15) is 0 Å². The van der Waals surface area contributed by atoms with Crippen LogP contribution in [0.2, 0.25) is 0 Å². The smallest absolute Gasteiger partial charge is 0.280 e. The highest BCUT2D eigenvalue weighted by atomic mass is 19.1. The van der Waals surface area contributed by atoms with Gasteiger partial charge in [0.25, 0.3) is 5.91 Å². The average Bonchev–Trinajstić information content (AvgIpc) is 2.56. The first-order valence-corrected chi connectivity index (χ1v) is 4.48. The summed E-state index contributed by atoms with van der Waals surface area (Å²) < 4.78 is 13.0. The molecule has 1 saturated carbocycles. The minimum absolute atomic E-state index is 0.144. The molecule has 0 aromatic rings. The first-order valence-electron chi connectivity index (χ1n) is 4.48. The Bertz CT molecular complexity index is 264. The number of allylic oxidation sites excluding steroid dienone is 1. The molecule has 0 radical (unpaired) electrons. The Morgan fingerprint density at radius 1 is 1.46 bits per heavy atom. The molecule has 1 aliphatic rings. The van der Waals surface area contributed by atoms with Crippen molar-refractivity contribution in [1.29, 1.82) is 0 Å². The van der Waals surface area contributed by atoms with Gasteiger partial charge in [0, 0.05) is 6.04 Å². The zero-order valence-corrected chi connectivity index (χ0v) is 8.57. The molecule has 2 nitrogen and oxygen atoms in total. The summed E-state index contributed by atoms with van der Waals surface area (Å²) in [6.07, 6.45) is 0.939. The molecule has 0 aromatic heterocycles. The third-order valence-corrected chi connectivity index (χ3v) is 2.46. The molecule has 1 rings (SSSR count). The number of hydrogen-bond acceptors (Lipinski definition) is 1. The van der Waals surface area contributed by atoms with E-state index in [9.17, 15) is 9.18 Å². The fourth-order valence-corrected chi connectivity index (χ4v) is 1.16. The summed E-state index contributed by atoms with van der Waals surface area (Å²) in [5.74, 6) is -1.22. The van der Waals surface area contributed by atoms with E-state index in [1.165, 1.54) is 0 Å². The quantitative estimate of drug-likeness (QED) is 0.656. The molecular formula is C10H16FNO. The van der Waals surface area contributed by atoms with Gasteiger partial charge in [-0.1, -0.05) is 13.8 Å². The molecule has 13 heavy (non-hydrogen) atoms. The van der Waals surface area contributed by atoms with Gasteiger partial charge in [0.2, 0.25) is 0 Å². The highest BCUT2D eigenvalue weighted by Gasteiger charge is 2.46. The summed E-state index contributed by atoms with van der Waals surface area (Å²) in [6.45, 7) is 7.29. The molecular weight excluding hydrogens is 169 g/mol. The SMILES string of the molecule is CC(C)=C(F)C(=O)NC1CC1(C)C. The lowest BCUT2D eigenvalue weighted by molar-refractivity contribution is -0.119. The highest BCUT2D eigenvalue weighted by Crippen LogP contribution is 2.44. The molecule has 0 heterocycles. The number of carbonyl (C=O) groups is 1. The Morgan fingerprint density at radius 2 is 1.92 bits per heavy atom. The second-order valence-corrected chi connectivity index (χ2v) is 4.53. The van der Waals surface area contributed by atoms with Crippen molar-refractivity contribution in [3.05, 3.63) is 11.4 Å². The van der Waals surface area contributed by atoms with Crippen molar-refractivity contribution in [2.24, 2.45) is 5.41 Å². The van der Waals surface area contributed by atoms with Crippen LogP contribution in [0, 0.1) is 5.41 Å². The third kappa shape index (κ3) is 2.29. The second-order valence-electron chi connectivity index (χ2n) is 4.53. The van der Waals surface area contributed by atoms with E-state index < -0.39 is 11.7 Å². The summed E-state index contributed by atoms with van der Waals surface area (Å²) in [5, 5.41) is 2.65. The highest BCUT2D eigenvalue weighted by molar-refractivity contribution is 5.92. The van der Waals surface area contributed by atoms with Crippen molar-refractivity contribution >= 4 is 5.91 Å². The van der Waals surface area contributed by atoms with Crippen molar-refractivity contribution in [2.75, 3.05) is 0 Å². The minimum atomic E-state index is -0.650. The van der Waals surface area contributed by atoms with E-state index in [0.29, 0.717) is 5.57 Å². The van der Waals surface area contributed by atoms with E-state index in [2.05, 4.69) is 19.2 Å². The molecule has 1 N–H and O–H groups in total. The lowest BCUT2D eigenvalue weighted by Gasteiger charge is -2.05. The van der Waals surface area contributed by atoms with E-state index in [-0.39, 0.29) is 11.5 Å². The molecule has 1 atom stereocenters. The van der Waals surface area contributed by atoms with E-state index in [0.717, 1.165) is 6.42 Å². The van der Waals surface area contributed by atoms with Gasteiger partial charge < -0.3 is 5.32 Å². The minimum Gasteiger partial charge on any atom is -0.347 e. The lowest BCUT2D eigenvalue weighted by atomic mass is 10.2. The summed E-state index contributed by atoms with van der Waals surface area (Å²) in [5.41, 5.74) is 0.577. The fourth-order valence-electron chi connectivity index (χ4n) is 1.16. The van der Waals surface area contributed by atoms with Crippen molar-refractivity contribution < 1.29 is 9.18 Å². The Morgan fingerprint density at radius 3 is 2.23 bits per heavy atom. The maximum absolute atomic E-state index is 13.0. The van der Waals surface area contributed by atoms with Gasteiger partial charge in [0.15, 0.2) is 5.83 Å². The fraction of sp³-hybridized carbons (Fsp3) is 0.700. The van der Waals surface area contributed by atoms with Crippen LogP contribution in [0.3, 0.4) is 0 Å². The van der Waals surface area contributed by atoms with Crippen LogP contribution in [0.1, 0.15) is 34.1 Å². The maximum Gasteiger partial charge on any atom is 0.280 e. The van der Waals surface area contributed by atoms with Crippen molar-refractivity contribution in [1.82, 2.24) is 5.32 Å². The van der Waals surface area contributed by atoms with Gasteiger partial charge in [0.05, 0.1) is 0 Å². The third-order valence-electron chi connectivity index (χ3n) is 2.46. The Balaban J connectivity index is 2.49. The van der Waals surface area contributed by atoms with Crippen molar-refractivity contribution in [2.45, 2.75) is 40.2 Å². The van der Waals surface area contributed by atoms with Crippen LogP contribution < -0.4 is 5.32 Å². The molecule has 1 unspecified atom stereocenters. The van der Waals surface area contributed by atoms with Crippen LogP contribution in [0.5, 0.6) is 0 Å². The molecule has 74 valence electrons. The summed E-state index contributed by atoms with van der Waals surface area (Å²) in [6, 6.07) is 0.144. The van der Waals surface area contributed by atoms with Crippen LogP contribution in [0.15, 0.2) is 11.4 Å². The predicted molar refractivity (Wildman–Crippen MR) is 49.8 cm³/mol. The van der Waals surface area contributed by atoms with Gasteiger partial charge >= 0.3 is 0 Å². The topological polar surface area (TPSA) is 29.1 Å². The molecule has 0 aromatic carbocycles. The van der Waals surface area contributed by atoms with Gasteiger partial charge in [-0.3, -0.25) is 4.79 Å². The van der Waals surface area contributed by atoms with Crippen molar-refractivity contribution in [3.8, 4) is 0 Å². The Labute approximate surface area is 78.2 Å². The monoisotopic (exact) mass is 185 g/mol. The molecule has 0 spiro atoms. The van der Waals surface area contributed by atoms with Crippen LogP contribution in [-0.4, -0.2) is 11.9 Å². The van der Waals surface area contributed by atoms with Crippen molar-refractivity contribution in [3.63, 3.8) is 0 Å². The summed E-state index contributed by atoms with van der Waals surface area (Å²) in [4.78, 5) is 11.2. The number of nitrogens with one attached hydrogen (secondary N) is 1. The molecule has 1 fully saturated rings. The Kier molecular flexibility index (Phi) is 2.46. The Hall–Kier alpha value is -0.860. The first kappa shape index (κ1) is 10.2.